The minimum Gasteiger partial charge on any atom is -0.348 e. The van der Waals surface area contributed by atoms with Gasteiger partial charge >= 0.3 is 0 Å². The van der Waals surface area contributed by atoms with E-state index in [0.29, 0.717) is 10.7 Å². The maximum Gasteiger partial charge on any atom is 0.274 e. The summed E-state index contributed by atoms with van der Waals surface area (Å²) in [5, 5.41) is 6.21. The van der Waals surface area contributed by atoms with E-state index in [0.717, 1.165) is 25.7 Å². The molecular formula is C20H22ClN3O2. The average Bonchev–Trinajstić information content (AvgIpc) is 2.92. The number of benzene rings is 1. The SMILES string of the molecule is O=C(Nc1ccccc1Cl)c1cccc(C(=O)NC2CCCCCC2)n1. The molecule has 0 atom stereocenters. The van der Waals surface area contributed by atoms with Gasteiger partial charge in [-0.15, -0.1) is 0 Å². The van der Waals surface area contributed by atoms with E-state index >= 15 is 0 Å². The fourth-order valence-corrected chi connectivity index (χ4v) is 3.30. The van der Waals surface area contributed by atoms with Crippen molar-refractivity contribution < 1.29 is 9.59 Å². The van der Waals surface area contributed by atoms with Gasteiger partial charge in [0.05, 0.1) is 10.7 Å². The maximum atomic E-state index is 12.5. The van der Waals surface area contributed by atoms with Crippen LogP contribution in [-0.2, 0) is 0 Å². The standard InChI is InChI=1S/C20H22ClN3O2/c21-15-10-5-6-11-16(15)24-20(26)18-13-7-12-17(23-18)19(25)22-14-8-3-1-2-4-9-14/h5-7,10-14H,1-4,8-9H2,(H,22,25)(H,24,26). The summed E-state index contributed by atoms with van der Waals surface area (Å²) in [7, 11) is 0. The number of halogens is 1. The second-order valence-corrected chi connectivity index (χ2v) is 6.91. The van der Waals surface area contributed by atoms with Crippen LogP contribution in [0.25, 0.3) is 0 Å². The summed E-state index contributed by atoms with van der Waals surface area (Å²) in [5.41, 5.74) is 0.939. The maximum absolute atomic E-state index is 12.5. The predicted octanol–water partition coefficient (Wildman–Crippen LogP) is 4.44. The number of pyridine rings is 1. The minimum atomic E-state index is -0.401. The number of nitrogens with one attached hydrogen (secondary N) is 2. The summed E-state index contributed by atoms with van der Waals surface area (Å²) in [4.78, 5) is 29.1. The van der Waals surface area contributed by atoms with E-state index in [1.807, 2.05) is 0 Å². The van der Waals surface area contributed by atoms with Crippen molar-refractivity contribution in [3.05, 3.63) is 58.9 Å². The Bertz CT molecular complexity index is 786. The first-order chi connectivity index (χ1) is 12.6. The fraction of sp³-hybridized carbons (Fsp3) is 0.350. The second-order valence-electron chi connectivity index (χ2n) is 6.50. The monoisotopic (exact) mass is 371 g/mol. The van der Waals surface area contributed by atoms with Gasteiger partial charge < -0.3 is 10.6 Å². The summed E-state index contributed by atoms with van der Waals surface area (Å²) in [6, 6.07) is 12.0. The number of anilines is 1. The molecule has 136 valence electrons. The normalized spacial score (nSPS) is 15.1. The summed E-state index contributed by atoms with van der Waals surface area (Å²) >= 11 is 6.06. The van der Waals surface area contributed by atoms with Crippen molar-refractivity contribution in [2.45, 2.75) is 44.6 Å². The molecule has 26 heavy (non-hydrogen) atoms. The van der Waals surface area contributed by atoms with Crippen LogP contribution in [0.4, 0.5) is 5.69 Å². The van der Waals surface area contributed by atoms with E-state index < -0.39 is 5.91 Å². The van der Waals surface area contributed by atoms with Gasteiger partial charge in [-0.1, -0.05) is 55.5 Å². The molecule has 0 aliphatic heterocycles. The Kier molecular flexibility index (Phi) is 6.23. The van der Waals surface area contributed by atoms with Gasteiger partial charge in [-0.25, -0.2) is 4.98 Å². The van der Waals surface area contributed by atoms with Crippen molar-refractivity contribution in [2.24, 2.45) is 0 Å². The molecule has 1 aromatic carbocycles. The molecule has 1 aliphatic rings. The highest BCUT2D eigenvalue weighted by atomic mass is 35.5. The van der Waals surface area contributed by atoms with Crippen LogP contribution in [0, 0.1) is 0 Å². The third-order valence-corrected chi connectivity index (χ3v) is 4.86. The van der Waals surface area contributed by atoms with E-state index in [-0.39, 0.29) is 23.3 Å². The Morgan fingerprint density at radius 2 is 1.54 bits per heavy atom. The van der Waals surface area contributed by atoms with Crippen molar-refractivity contribution in [1.82, 2.24) is 10.3 Å². The molecular weight excluding hydrogens is 350 g/mol. The highest BCUT2D eigenvalue weighted by Crippen LogP contribution is 2.21. The van der Waals surface area contributed by atoms with E-state index in [1.165, 1.54) is 12.8 Å². The molecule has 6 heteroatoms. The van der Waals surface area contributed by atoms with E-state index in [2.05, 4.69) is 15.6 Å². The van der Waals surface area contributed by atoms with Gasteiger partial charge in [0.25, 0.3) is 11.8 Å². The molecule has 1 saturated carbocycles. The first-order valence-electron chi connectivity index (χ1n) is 8.97. The minimum absolute atomic E-state index is 0.179. The van der Waals surface area contributed by atoms with Crippen LogP contribution in [0.1, 0.15) is 59.5 Å². The highest BCUT2D eigenvalue weighted by Gasteiger charge is 2.18. The van der Waals surface area contributed by atoms with Crippen molar-refractivity contribution in [3.63, 3.8) is 0 Å². The van der Waals surface area contributed by atoms with Gasteiger partial charge in [-0.05, 0) is 37.1 Å². The molecule has 0 saturated heterocycles. The Morgan fingerprint density at radius 1 is 0.885 bits per heavy atom. The molecule has 0 unspecified atom stereocenters. The number of rotatable bonds is 4. The number of hydrogen-bond acceptors (Lipinski definition) is 3. The molecule has 2 aromatic rings. The topological polar surface area (TPSA) is 71.1 Å². The predicted molar refractivity (Wildman–Crippen MR) is 103 cm³/mol. The Hall–Kier alpha value is -2.40. The summed E-state index contributed by atoms with van der Waals surface area (Å²) in [6.07, 6.45) is 6.72. The second kappa shape index (κ2) is 8.81. The number of amides is 2. The number of carbonyl (C=O) groups excluding carboxylic acids is 2. The number of para-hydroxylation sites is 1. The molecule has 1 heterocycles. The van der Waals surface area contributed by atoms with Gasteiger partial charge in [0.2, 0.25) is 0 Å². The van der Waals surface area contributed by atoms with Gasteiger partial charge in [0.1, 0.15) is 11.4 Å². The summed E-state index contributed by atoms with van der Waals surface area (Å²) < 4.78 is 0. The lowest BCUT2D eigenvalue weighted by atomic mass is 10.1. The molecule has 1 fully saturated rings. The third kappa shape index (κ3) is 4.82. The Balaban J connectivity index is 1.68. The van der Waals surface area contributed by atoms with Crippen LogP contribution >= 0.6 is 11.6 Å². The van der Waals surface area contributed by atoms with Crippen molar-refractivity contribution in [1.29, 1.82) is 0 Å². The Morgan fingerprint density at radius 3 is 2.23 bits per heavy atom. The van der Waals surface area contributed by atoms with Crippen LogP contribution in [-0.4, -0.2) is 22.8 Å². The highest BCUT2D eigenvalue weighted by molar-refractivity contribution is 6.33. The van der Waals surface area contributed by atoms with Crippen molar-refractivity contribution >= 4 is 29.1 Å². The van der Waals surface area contributed by atoms with Crippen LogP contribution < -0.4 is 10.6 Å². The first kappa shape index (κ1) is 18.4. The molecule has 3 rings (SSSR count). The van der Waals surface area contributed by atoms with E-state index in [4.69, 9.17) is 11.6 Å². The molecule has 1 aliphatic carbocycles. The lowest BCUT2D eigenvalue weighted by Gasteiger charge is -2.16. The molecule has 2 N–H and O–H groups in total. The summed E-state index contributed by atoms with van der Waals surface area (Å²) in [6.45, 7) is 0. The van der Waals surface area contributed by atoms with Crippen LogP contribution in [0.3, 0.4) is 0 Å². The molecule has 1 aromatic heterocycles. The molecule has 0 bridgehead atoms. The largest absolute Gasteiger partial charge is 0.348 e. The first-order valence-corrected chi connectivity index (χ1v) is 9.35. The molecule has 5 nitrogen and oxygen atoms in total. The van der Waals surface area contributed by atoms with Crippen LogP contribution in [0.2, 0.25) is 5.02 Å². The van der Waals surface area contributed by atoms with Crippen molar-refractivity contribution in [2.75, 3.05) is 5.32 Å². The average molecular weight is 372 g/mol. The molecule has 0 radical (unpaired) electrons. The van der Waals surface area contributed by atoms with Crippen LogP contribution in [0.5, 0.6) is 0 Å². The number of hydrogen-bond donors (Lipinski definition) is 2. The third-order valence-electron chi connectivity index (χ3n) is 4.53. The number of carbonyl (C=O) groups is 2. The lowest BCUT2D eigenvalue weighted by Crippen LogP contribution is -2.35. The van der Waals surface area contributed by atoms with E-state index in [1.54, 1.807) is 42.5 Å². The number of nitrogens with zero attached hydrogens (tertiary/aromatic N) is 1. The smallest absolute Gasteiger partial charge is 0.274 e. The zero-order chi connectivity index (χ0) is 18.4. The number of aromatic nitrogens is 1. The van der Waals surface area contributed by atoms with Gasteiger partial charge in [-0.3, -0.25) is 9.59 Å². The van der Waals surface area contributed by atoms with Gasteiger partial charge in [0, 0.05) is 6.04 Å². The zero-order valence-corrected chi connectivity index (χ0v) is 15.3. The quantitative estimate of drug-likeness (QED) is 0.780. The van der Waals surface area contributed by atoms with Gasteiger partial charge in [-0.2, -0.15) is 0 Å². The zero-order valence-electron chi connectivity index (χ0n) is 14.5. The summed E-state index contributed by atoms with van der Waals surface area (Å²) in [5.74, 6) is -0.633. The molecule has 2 amide bonds. The fourth-order valence-electron chi connectivity index (χ4n) is 3.12. The van der Waals surface area contributed by atoms with Crippen LogP contribution in [0.15, 0.2) is 42.5 Å². The lowest BCUT2D eigenvalue weighted by molar-refractivity contribution is 0.0928. The Labute approximate surface area is 158 Å². The van der Waals surface area contributed by atoms with Crippen molar-refractivity contribution in [3.8, 4) is 0 Å². The van der Waals surface area contributed by atoms with E-state index in [9.17, 15) is 9.59 Å². The van der Waals surface area contributed by atoms with Gasteiger partial charge in [0.15, 0.2) is 0 Å². The molecule has 0 spiro atoms.